The molecule has 0 aromatic heterocycles. The second-order valence-corrected chi connectivity index (χ2v) is 17.0. The smallest absolute Gasteiger partial charge is 0.306 e. The van der Waals surface area contributed by atoms with Crippen molar-refractivity contribution in [1.82, 2.24) is 0 Å². The highest BCUT2D eigenvalue weighted by molar-refractivity contribution is 5.70. The van der Waals surface area contributed by atoms with Crippen molar-refractivity contribution in [2.45, 2.75) is 187 Å². The molecular formula is C54H89NO7. The third kappa shape index (κ3) is 41.6. The van der Waals surface area contributed by atoms with Crippen LogP contribution in [0.5, 0.6) is 0 Å². The number of carboxylic acids is 1. The Balaban J connectivity index is 4.36. The minimum atomic E-state index is -1.13. The highest BCUT2D eigenvalue weighted by Crippen LogP contribution is 2.13. The zero-order valence-electron chi connectivity index (χ0n) is 40.0. The summed E-state index contributed by atoms with van der Waals surface area (Å²) < 4.78 is 17.2. The topological polar surface area (TPSA) is 102 Å². The van der Waals surface area contributed by atoms with Crippen molar-refractivity contribution >= 4 is 17.9 Å². The third-order valence-corrected chi connectivity index (χ3v) is 10.2. The number of aliphatic carboxylic acids is 1. The molecule has 2 atom stereocenters. The zero-order valence-corrected chi connectivity index (χ0v) is 40.0. The average Bonchev–Trinajstić information content (AvgIpc) is 3.23. The van der Waals surface area contributed by atoms with Crippen LogP contribution in [-0.2, 0) is 28.6 Å². The van der Waals surface area contributed by atoms with Crippen LogP contribution in [0.4, 0.5) is 0 Å². The second kappa shape index (κ2) is 43.9. The first kappa shape index (κ1) is 58.2. The lowest BCUT2D eigenvalue weighted by atomic mass is 10.1. The number of rotatable bonds is 42. The van der Waals surface area contributed by atoms with E-state index in [0.29, 0.717) is 12.8 Å². The van der Waals surface area contributed by atoms with Crippen molar-refractivity contribution < 1.29 is 38.2 Å². The van der Waals surface area contributed by atoms with E-state index < -0.39 is 18.1 Å². The molecule has 8 nitrogen and oxygen atoms in total. The summed E-state index contributed by atoms with van der Waals surface area (Å²) in [5.41, 5.74) is 0. The Morgan fingerprint density at radius 1 is 0.516 bits per heavy atom. The zero-order chi connectivity index (χ0) is 45.6. The predicted molar refractivity (Wildman–Crippen MR) is 258 cm³/mol. The summed E-state index contributed by atoms with van der Waals surface area (Å²) in [6.07, 6.45) is 58.6. The first-order chi connectivity index (χ1) is 30.1. The molecule has 62 heavy (non-hydrogen) atoms. The van der Waals surface area contributed by atoms with Gasteiger partial charge in [0.2, 0.25) is 0 Å². The number of ether oxygens (including phenoxy) is 3. The highest BCUT2D eigenvalue weighted by Gasteiger charge is 2.25. The molecule has 0 rings (SSSR count). The maximum Gasteiger partial charge on any atom is 0.306 e. The summed E-state index contributed by atoms with van der Waals surface area (Å²) in [5.74, 6) is -1.79. The lowest BCUT2D eigenvalue weighted by Gasteiger charge is -2.34. The van der Waals surface area contributed by atoms with Gasteiger partial charge in [-0.25, -0.2) is 0 Å². The maximum absolute atomic E-state index is 12.7. The number of quaternary nitrogens is 1. The summed E-state index contributed by atoms with van der Waals surface area (Å²) >= 11 is 0. The SMILES string of the molecule is CC/C=C/C/C=C/C/C=C/C/C=C/C/C=C/C/C=C/CCCCCCC(=O)OCC(COCCC(C(=O)[O-])[N+](C)(C)C)OC(=O)CCCCCCCC/C=C/C=C/CCCCC. The van der Waals surface area contributed by atoms with Crippen LogP contribution in [0.15, 0.2) is 97.2 Å². The van der Waals surface area contributed by atoms with Crippen molar-refractivity contribution in [3.05, 3.63) is 97.2 Å². The van der Waals surface area contributed by atoms with Gasteiger partial charge in [-0.2, -0.15) is 0 Å². The molecule has 2 unspecified atom stereocenters. The molecule has 0 N–H and O–H groups in total. The fourth-order valence-electron chi connectivity index (χ4n) is 6.48. The molecule has 0 saturated carbocycles. The molecule has 0 aliphatic rings. The summed E-state index contributed by atoms with van der Waals surface area (Å²) in [5, 5.41) is 11.6. The van der Waals surface area contributed by atoms with Crippen LogP contribution < -0.4 is 5.11 Å². The minimum absolute atomic E-state index is 0.0215. The van der Waals surface area contributed by atoms with Crippen molar-refractivity contribution in [3.8, 4) is 0 Å². The van der Waals surface area contributed by atoms with Gasteiger partial charge in [0.15, 0.2) is 6.10 Å². The molecule has 0 bridgehead atoms. The van der Waals surface area contributed by atoms with Gasteiger partial charge in [0, 0.05) is 19.3 Å². The van der Waals surface area contributed by atoms with E-state index in [1.54, 1.807) is 21.1 Å². The molecule has 0 fully saturated rings. The van der Waals surface area contributed by atoms with E-state index in [9.17, 15) is 19.5 Å². The van der Waals surface area contributed by atoms with Crippen LogP contribution in [0.25, 0.3) is 0 Å². The quantitative estimate of drug-likeness (QED) is 0.0198. The van der Waals surface area contributed by atoms with E-state index in [1.165, 1.54) is 32.1 Å². The minimum Gasteiger partial charge on any atom is -0.544 e. The van der Waals surface area contributed by atoms with Gasteiger partial charge < -0.3 is 28.6 Å². The fourth-order valence-corrected chi connectivity index (χ4v) is 6.48. The van der Waals surface area contributed by atoms with Crippen LogP contribution >= 0.6 is 0 Å². The first-order valence-electron chi connectivity index (χ1n) is 24.3. The monoisotopic (exact) mass is 864 g/mol. The van der Waals surface area contributed by atoms with Gasteiger partial charge in [-0.1, -0.05) is 162 Å². The number of carbonyl (C=O) groups excluding carboxylic acids is 3. The first-order valence-corrected chi connectivity index (χ1v) is 24.3. The lowest BCUT2D eigenvalue weighted by molar-refractivity contribution is -0.889. The summed E-state index contributed by atoms with van der Waals surface area (Å²) in [4.78, 5) is 37.0. The fraction of sp³-hybridized carbons (Fsp3) is 0.648. The van der Waals surface area contributed by atoms with Gasteiger partial charge in [-0.3, -0.25) is 9.59 Å². The van der Waals surface area contributed by atoms with Gasteiger partial charge in [0.1, 0.15) is 12.6 Å². The summed E-state index contributed by atoms with van der Waals surface area (Å²) in [7, 11) is 5.39. The molecule has 0 aliphatic heterocycles. The Kier molecular flexibility index (Phi) is 41.2. The van der Waals surface area contributed by atoms with Crippen LogP contribution in [0, 0.1) is 0 Å². The van der Waals surface area contributed by atoms with E-state index in [4.69, 9.17) is 14.2 Å². The van der Waals surface area contributed by atoms with Crippen molar-refractivity contribution in [2.24, 2.45) is 0 Å². The number of carbonyl (C=O) groups is 3. The molecule has 0 aromatic rings. The van der Waals surface area contributed by atoms with Crippen molar-refractivity contribution in [1.29, 1.82) is 0 Å². The van der Waals surface area contributed by atoms with Crippen LogP contribution in [0.2, 0.25) is 0 Å². The summed E-state index contributed by atoms with van der Waals surface area (Å²) in [6.45, 7) is 4.46. The molecule has 352 valence electrons. The number of allylic oxidation sites excluding steroid dienone is 16. The number of carboxylic acid groups (broad SMARTS) is 1. The number of hydrogen-bond acceptors (Lipinski definition) is 7. The normalized spacial score (nSPS) is 13.8. The number of unbranched alkanes of at least 4 members (excludes halogenated alkanes) is 13. The van der Waals surface area contributed by atoms with E-state index in [-0.39, 0.29) is 42.7 Å². The average molecular weight is 864 g/mol. The van der Waals surface area contributed by atoms with Crippen LogP contribution in [-0.4, -0.2) is 75.5 Å². The number of esters is 2. The third-order valence-electron chi connectivity index (χ3n) is 10.2. The highest BCUT2D eigenvalue weighted by atomic mass is 16.6. The van der Waals surface area contributed by atoms with Crippen LogP contribution in [0.3, 0.4) is 0 Å². The van der Waals surface area contributed by atoms with Crippen molar-refractivity contribution in [3.63, 3.8) is 0 Å². The number of likely N-dealkylation sites (N-methyl/N-ethyl adjacent to an activating group) is 1. The van der Waals surface area contributed by atoms with Gasteiger partial charge in [-0.05, 0) is 89.9 Å². The van der Waals surface area contributed by atoms with Crippen molar-refractivity contribution in [2.75, 3.05) is 41.0 Å². The van der Waals surface area contributed by atoms with E-state index in [0.717, 1.165) is 109 Å². The molecule has 0 aliphatic carbocycles. The standard InChI is InChI=1S/C54H89NO7/c1-6-8-10-12-14-16-18-20-22-23-24-25-26-27-28-29-31-32-34-36-38-40-42-44-52(56)61-49-50(48-60-47-46-51(54(58)59)55(3,4)5)62-53(57)45-43-41-39-37-35-33-30-21-19-17-15-13-11-9-7-2/h8,10,14-17,19-22,24-25,27-28,31-32,50-51H,6-7,9,11-13,18,23,26,29-30,33-49H2,1-5H3/b10-8+,16-14+,17-15+,21-19+,22-20+,25-24+,28-27+,32-31+. The Morgan fingerprint density at radius 3 is 1.44 bits per heavy atom. The maximum atomic E-state index is 12.7. The lowest BCUT2D eigenvalue weighted by Crippen LogP contribution is -2.55. The number of nitrogens with zero attached hydrogens (tertiary/aromatic N) is 1. The molecule has 0 amide bonds. The molecular weight excluding hydrogens is 775 g/mol. The van der Waals surface area contributed by atoms with E-state index >= 15 is 0 Å². The summed E-state index contributed by atoms with van der Waals surface area (Å²) in [6, 6.07) is -0.738. The molecule has 0 aromatic carbocycles. The Bertz CT molecular complexity index is 1330. The second-order valence-electron chi connectivity index (χ2n) is 17.0. The molecule has 0 radical (unpaired) electrons. The molecule has 0 heterocycles. The Labute approximate surface area is 379 Å². The van der Waals surface area contributed by atoms with Gasteiger partial charge in [0.25, 0.3) is 0 Å². The molecule has 8 heteroatoms. The van der Waals surface area contributed by atoms with E-state index in [1.807, 2.05) is 0 Å². The predicted octanol–water partition coefficient (Wildman–Crippen LogP) is 12.5. The number of hydrogen-bond donors (Lipinski definition) is 0. The molecule has 0 spiro atoms. The Hall–Kier alpha value is -3.75. The van der Waals surface area contributed by atoms with Crippen LogP contribution in [0.1, 0.15) is 174 Å². The molecule has 0 saturated heterocycles. The van der Waals surface area contributed by atoms with Gasteiger partial charge in [-0.15, -0.1) is 0 Å². The largest absolute Gasteiger partial charge is 0.544 e. The van der Waals surface area contributed by atoms with Gasteiger partial charge in [0.05, 0.1) is 40.3 Å². The Morgan fingerprint density at radius 2 is 0.952 bits per heavy atom. The van der Waals surface area contributed by atoms with Gasteiger partial charge >= 0.3 is 11.9 Å². The van der Waals surface area contributed by atoms with E-state index in [2.05, 4.69) is 111 Å².